The molecule has 1 aliphatic carbocycles. The van der Waals surface area contributed by atoms with E-state index in [1.807, 2.05) is 0 Å². The van der Waals surface area contributed by atoms with Crippen molar-refractivity contribution in [2.24, 2.45) is 17.8 Å². The van der Waals surface area contributed by atoms with Crippen LogP contribution in [0.4, 0.5) is 0 Å². The summed E-state index contributed by atoms with van der Waals surface area (Å²) in [5, 5.41) is 8.04. The monoisotopic (exact) mass is 177 g/mol. The molecule has 1 aliphatic rings. The Morgan fingerprint density at radius 2 is 1.85 bits per heavy atom. The maximum absolute atomic E-state index is 8.04. The molecule has 1 nitrogen and oxygen atoms in total. The summed E-state index contributed by atoms with van der Waals surface area (Å²) in [7, 11) is 0. The average molecular weight is 177 g/mol. The van der Waals surface area contributed by atoms with Crippen LogP contribution in [0.25, 0.3) is 0 Å². The zero-order chi connectivity index (χ0) is 10.0. The first-order valence-electron chi connectivity index (χ1n) is 5.01. The average Bonchev–Trinajstić information content (AvgIpc) is 2.03. The van der Waals surface area contributed by atoms with Crippen molar-refractivity contribution in [3.05, 3.63) is 23.8 Å². The molecule has 0 bridgehead atoms. The lowest BCUT2D eigenvalue weighted by Crippen LogP contribution is -2.23. The van der Waals surface area contributed by atoms with Crippen molar-refractivity contribution >= 4 is 5.71 Å². The van der Waals surface area contributed by atoms with Crippen LogP contribution in [0.15, 0.2) is 23.8 Å². The third-order valence-electron chi connectivity index (χ3n) is 2.58. The molecule has 0 saturated heterocycles. The van der Waals surface area contributed by atoms with E-state index >= 15 is 0 Å². The van der Waals surface area contributed by atoms with E-state index in [1.165, 1.54) is 5.57 Å². The van der Waals surface area contributed by atoms with Crippen molar-refractivity contribution in [1.82, 2.24) is 0 Å². The predicted molar refractivity (Wildman–Crippen MR) is 58.1 cm³/mol. The Kier molecular flexibility index (Phi) is 3.07. The molecule has 0 heterocycles. The lowest BCUT2D eigenvalue weighted by molar-refractivity contribution is 0.567. The van der Waals surface area contributed by atoms with Gasteiger partial charge in [-0.1, -0.05) is 45.9 Å². The number of rotatable bonds is 2. The molecule has 1 atom stereocenters. The highest BCUT2D eigenvalue weighted by Crippen LogP contribution is 2.25. The quantitative estimate of drug-likeness (QED) is 0.668. The molecule has 72 valence electrons. The minimum atomic E-state index is 0.322. The molecule has 1 N–H and O–H groups in total. The first kappa shape index (κ1) is 10.2. The van der Waals surface area contributed by atoms with Gasteiger partial charge >= 0.3 is 0 Å². The molecule has 0 fully saturated rings. The number of hydrogen-bond donors (Lipinski definition) is 1. The summed E-state index contributed by atoms with van der Waals surface area (Å²) in [6.07, 6.45) is 6.31. The van der Waals surface area contributed by atoms with Crippen LogP contribution in [0.3, 0.4) is 0 Å². The van der Waals surface area contributed by atoms with Gasteiger partial charge in [0.25, 0.3) is 0 Å². The van der Waals surface area contributed by atoms with Crippen molar-refractivity contribution in [1.29, 1.82) is 5.41 Å². The van der Waals surface area contributed by atoms with Crippen LogP contribution in [-0.2, 0) is 0 Å². The molecule has 0 aromatic heterocycles. The van der Waals surface area contributed by atoms with E-state index in [-0.39, 0.29) is 0 Å². The van der Waals surface area contributed by atoms with Gasteiger partial charge in [-0.05, 0) is 17.4 Å². The van der Waals surface area contributed by atoms with Gasteiger partial charge in [-0.15, -0.1) is 0 Å². The molecule has 1 rings (SSSR count). The fraction of sp³-hybridized carbons (Fsp3) is 0.583. The zero-order valence-electron chi connectivity index (χ0n) is 8.96. The van der Waals surface area contributed by atoms with E-state index in [0.717, 1.165) is 5.71 Å². The van der Waals surface area contributed by atoms with Crippen LogP contribution in [0.5, 0.6) is 0 Å². The van der Waals surface area contributed by atoms with Gasteiger partial charge in [0.1, 0.15) is 0 Å². The Labute approximate surface area is 81.1 Å². The van der Waals surface area contributed by atoms with Gasteiger partial charge in [0.15, 0.2) is 0 Å². The summed E-state index contributed by atoms with van der Waals surface area (Å²) >= 11 is 0. The molecule has 1 unspecified atom stereocenters. The van der Waals surface area contributed by atoms with Crippen molar-refractivity contribution in [2.75, 3.05) is 0 Å². The van der Waals surface area contributed by atoms with Gasteiger partial charge in [-0.3, -0.25) is 0 Å². The van der Waals surface area contributed by atoms with Crippen LogP contribution in [0.1, 0.15) is 27.7 Å². The molecule has 0 saturated carbocycles. The van der Waals surface area contributed by atoms with E-state index in [4.69, 9.17) is 5.41 Å². The summed E-state index contributed by atoms with van der Waals surface area (Å²) in [5.74, 6) is 1.33. The maximum atomic E-state index is 8.04. The zero-order valence-corrected chi connectivity index (χ0v) is 8.96. The first-order chi connectivity index (χ1) is 6.04. The van der Waals surface area contributed by atoms with Gasteiger partial charge in [-0.25, -0.2) is 0 Å². The largest absolute Gasteiger partial charge is 0.304 e. The van der Waals surface area contributed by atoms with Gasteiger partial charge in [-0.2, -0.15) is 0 Å². The topological polar surface area (TPSA) is 23.9 Å². The van der Waals surface area contributed by atoms with E-state index in [1.54, 1.807) is 0 Å². The Hall–Kier alpha value is -0.850. The second-order valence-corrected chi connectivity index (χ2v) is 4.35. The molecule has 1 heteroatoms. The first-order valence-corrected chi connectivity index (χ1v) is 5.01. The van der Waals surface area contributed by atoms with Crippen molar-refractivity contribution in [2.45, 2.75) is 27.7 Å². The Morgan fingerprint density at radius 3 is 2.31 bits per heavy atom. The predicted octanol–water partition coefficient (Wildman–Crippen LogP) is 3.43. The molecular formula is C12H19N. The van der Waals surface area contributed by atoms with Gasteiger partial charge in [0.2, 0.25) is 0 Å². The Balaban J connectivity index is 2.87. The summed E-state index contributed by atoms with van der Waals surface area (Å²) in [6, 6.07) is 0. The normalized spacial score (nSPS) is 22.8. The number of allylic oxidation sites excluding steroid dienone is 4. The molecule has 0 radical (unpaired) electrons. The highest BCUT2D eigenvalue weighted by Gasteiger charge is 2.22. The van der Waals surface area contributed by atoms with Crippen molar-refractivity contribution in [3.8, 4) is 0 Å². The van der Waals surface area contributed by atoms with E-state index < -0.39 is 0 Å². The third kappa shape index (κ3) is 2.09. The maximum Gasteiger partial charge on any atom is 0.0419 e. The molecule has 13 heavy (non-hydrogen) atoms. The molecule has 0 aromatic rings. The smallest absolute Gasteiger partial charge is 0.0419 e. The minimum absolute atomic E-state index is 0.322. The van der Waals surface area contributed by atoms with Crippen LogP contribution in [0, 0.1) is 23.2 Å². The Bertz CT molecular complexity index is 256. The van der Waals surface area contributed by atoms with Crippen molar-refractivity contribution in [3.63, 3.8) is 0 Å². The highest BCUT2D eigenvalue weighted by atomic mass is 14.5. The summed E-state index contributed by atoms with van der Waals surface area (Å²) in [4.78, 5) is 0. The fourth-order valence-corrected chi connectivity index (χ4v) is 1.72. The van der Waals surface area contributed by atoms with Crippen LogP contribution in [0.2, 0.25) is 0 Å². The van der Waals surface area contributed by atoms with E-state index in [2.05, 4.69) is 45.9 Å². The molecule has 0 spiro atoms. The molecule has 0 aromatic carbocycles. The SMILES string of the molecule is CC(C)C1=CC=CC(C(C)C)C1=N. The standard InChI is InChI=1S/C12H19N/c1-8(2)10-6-5-7-11(9(3)4)12(10)13/h5-10,13H,1-4H3. The van der Waals surface area contributed by atoms with Gasteiger partial charge in [0.05, 0.1) is 0 Å². The molecule has 0 amide bonds. The molecular weight excluding hydrogens is 158 g/mol. The fourth-order valence-electron chi connectivity index (χ4n) is 1.72. The lowest BCUT2D eigenvalue weighted by Gasteiger charge is -2.25. The third-order valence-corrected chi connectivity index (χ3v) is 2.58. The van der Waals surface area contributed by atoms with Crippen LogP contribution < -0.4 is 0 Å². The van der Waals surface area contributed by atoms with Crippen LogP contribution in [-0.4, -0.2) is 5.71 Å². The minimum Gasteiger partial charge on any atom is -0.304 e. The summed E-state index contributed by atoms with van der Waals surface area (Å²) in [5.41, 5.74) is 2.01. The van der Waals surface area contributed by atoms with E-state index in [9.17, 15) is 0 Å². The van der Waals surface area contributed by atoms with E-state index in [0.29, 0.717) is 17.8 Å². The second-order valence-electron chi connectivity index (χ2n) is 4.35. The number of hydrogen-bond acceptors (Lipinski definition) is 1. The van der Waals surface area contributed by atoms with Crippen molar-refractivity contribution < 1.29 is 0 Å². The summed E-state index contributed by atoms with van der Waals surface area (Å²) in [6.45, 7) is 8.65. The second kappa shape index (κ2) is 3.91. The highest BCUT2D eigenvalue weighted by molar-refractivity contribution is 6.02. The molecule has 0 aliphatic heterocycles. The summed E-state index contributed by atoms with van der Waals surface area (Å²) < 4.78 is 0. The Morgan fingerprint density at radius 1 is 1.23 bits per heavy atom. The van der Waals surface area contributed by atoms with Crippen LogP contribution >= 0.6 is 0 Å². The lowest BCUT2D eigenvalue weighted by atomic mass is 9.80. The van der Waals surface area contributed by atoms with Gasteiger partial charge < -0.3 is 5.41 Å². The number of nitrogens with one attached hydrogen (secondary N) is 1. The van der Waals surface area contributed by atoms with Gasteiger partial charge in [0, 0.05) is 11.6 Å².